The molecule has 0 saturated heterocycles. The summed E-state index contributed by atoms with van der Waals surface area (Å²) in [5.74, 6) is 0.0217. The molecule has 0 radical (unpaired) electrons. The fourth-order valence-electron chi connectivity index (χ4n) is 2.74. The molecule has 1 N–H and O–H groups in total. The first kappa shape index (κ1) is 14.8. The van der Waals surface area contributed by atoms with E-state index in [1.54, 1.807) is 11.0 Å². The Hall–Kier alpha value is -1.61. The van der Waals surface area contributed by atoms with Gasteiger partial charge in [-0.05, 0) is 42.9 Å². The van der Waals surface area contributed by atoms with Crippen molar-refractivity contribution in [3.63, 3.8) is 0 Å². The third-order valence-corrected chi connectivity index (χ3v) is 4.47. The smallest absolute Gasteiger partial charge is 0.235 e. The van der Waals surface area contributed by atoms with Crippen LogP contribution in [0.15, 0.2) is 47.7 Å². The second-order valence-electron chi connectivity index (χ2n) is 5.66. The van der Waals surface area contributed by atoms with Crippen LogP contribution in [0.3, 0.4) is 0 Å². The van der Waals surface area contributed by atoms with Gasteiger partial charge in [0.15, 0.2) is 0 Å². The summed E-state index contributed by atoms with van der Waals surface area (Å²) >= 11 is 0. The maximum absolute atomic E-state index is 12.6. The van der Waals surface area contributed by atoms with Crippen LogP contribution in [0.2, 0.25) is 0 Å². The van der Waals surface area contributed by atoms with E-state index in [0.29, 0.717) is 6.54 Å². The molecule has 0 bridgehead atoms. The maximum atomic E-state index is 12.6. The third kappa shape index (κ3) is 2.27. The van der Waals surface area contributed by atoms with Gasteiger partial charge in [-0.25, -0.2) is 0 Å². The molecule has 20 heavy (non-hydrogen) atoms. The maximum Gasteiger partial charge on any atom is 0.235 e. The van der Waals surface area contributed by atoms with E-state index in [-0.39, 0.29) is 12.5 Å². The Bertz CT molecular complexity index is 521. The van der Waals surface area contributed by atoms with E-state index in [4.69, 9.17) is 0 Å². The van der Waals surface area contributed by atoms with Crippen molar-refractivity contribution in [3.05, 3.63) is 47.7 Å². The van der Waals surface area contributed by atoms with Crippen molar-refractivity contribution in [3.8, 4) is 0 Å². The van der Waals surface area contributed by atoms with Gasteiger partial charge in [-0.2, -0.15) is 0 Å². The van der Waals surface area contributed by atoms with E-state index < -0.39 is 5.41 Å². The number of hydrogen-bond donors (Lipinski definition) is 1. The number of carbonyl (C=O) groups is 1. The quantitative estimate of drug-likeness (QED) is 0.782. The molecule has 1 fully saturated rings. The van der Waals surface area contributed by atoms with Crippen LogP contribution >= 0.6 is 0 Å². The molecule has 0 aromatic rings. The molecule has 1 saturated carbocycles. The van der Waals surface area contributed by atoms with Crippen LogP contribution < -0.4 is 0 Å². The highest BCUT2D eigenvalue weighted by Crippen LogP contribution is 2.48. The molecular weight excluding hydrogens is 250 g/mol. The second-order valence-corrected chi connectivity index (χ2v) is 5.66. The summed E-state index contributed by atoms with van der Waals surface area (Å²) in [5.41, 5.74) is 3.67. The molecule has 2 rings (SSSR count). The SMILES string of the molecule is C=C/C=C(/CC)C1=C(C)C(=C)N(C(=O)C2(CO)CC2)C1. The minimum atomic E-state index is -0.535. The summed E-state index contributed by atoms with van der Waals surface area (Å²) in [6, 6.07) is 0. The van der Waals surface area contributed by atoms with Crippen LogP contribution in [0.1, 0.15) is 33.1 Å². The van der Waals surface area contributed by atoms with Gasteiger partial charge in [-0.15, -0.1) is 0 Å². The minimum Gasteiger partial charge on any atom is -0.395 e. The Morgan fingerprint density at radius 2 is 2.15 bits per heavy atom. The van der Waals surface area contributed by atoms with Gasteiger partial charge in [-0.3, -0.25) is 4.79 Å². The summed E-state index contributed by atoms with van der Waals surface area (Å²) in [6.45, 7) is 12.4. The van der Waals surface area contributed by atoms with Crippen molar-refractivity contribution in [2.45, 2.75) is 33.1 Å². The van der Waals surface area contributed by atoms with Crippen molar-refractivity contribution in [2.24, 2.45) is 5.41 Å². The summed E-state index contributed by atoms with van der Waals surface area (Å²) in [6.07, 6.45) is 6.24. The summed E-state index contributed by atoms with van der Waals surface area (Å²) in [5, 5.41) is 9.43. The first-order chi connectivity index (χ1) is 9.50. The van der Waals surface area contributed by atoms with Crippen LogP contribution in [0.4, 0.5) is 0 Å². The fourth-order valence-corrected chi connectivity index (χ4v) is 2.74. The number of aliphatic hydroxyl groups is 1. The summed E-state index contributed by atoms with van der Waals surface area (Å²) in [7, 11) is 0. The molecule has 0 aromatic heterocycles. The van der Waals surface area contributed by atoms with Crippen LogP contribution in [0, 0.1) is 5.41 Å². The highest BCUT2D eigenvalue weighted by atomic mass is 16.3. The van der Waals surface area contributed by atoms with Gasteiger partial charge in [-0.1, -0.05) is 32.2 Å². The highest BCUT2D eigenvalue weighted by Gasteiger charge is 2.52. The average Bonchev–Trinajstić information content (AvgIpc) is 3.20. The van der Waals surface area contributed by atoms with Crippen LogP contribution in [0.25, 0.3) is 0 Å². The zero-order valence-electron chi connectivity index (χ0n) is 12.4. The Balaban J connectivity index is 2.24. The molecule has 0 spiro atoms. The Kier molecular flexibility index (Phi) is 4.00. The normalized spacial score (nSPS) is 21.4. The van der Waals surface area contributed by atoms with Crippen molar-refractivity contribution in [2.75, 3.05) is 13.2 Å². The molecule has 3 nitrogen and oxygen atoms in total. The van der Waals surface area contributed by atoms with Crippen molar-refractivity contribution in [1.29, 1.82) is 0 Å². The van der Waals surface area contributed by atoms with Crippen molar-refractivity contribution >= 4 is 5.91 Å². The number of aliphatic hydroxyl groups excluding tert-OH is 1. The number of hydrogen-bond acceptors (Lipinski definition) is 2. The first-order valence-electron chi connectivity index (χ1n) is 7.14. The van der Waals surface area contributed by atoms with Gasteiger partial charge in [0, 0.05) is 5.70 Å². The predicted octanol–water partition coefficient (Wildman–Crippen LogP) is 2.95. The molecule has 3 heteroatoms. The van der Waals surface area contributed by atoms with E-state index in [9.17, 15) is 9.90 Å². The molecule has 108 valence electrons. The molecule has 2 aliphatic rings. The van der Waals surface area contributed by atoms with Crippen LogP contribution in [0.5, 0.6) is 0 Å². The third-order valence-electron chi connectivity index (χ3n) is 4.47. The molecule has 1 aliphatic carbocycles. The lowest BCUT2D eigenvalue weighted by molar-refractivity contribution is -0.135. The monoisotopic (exact) mass is 273 g/mol. The van der Waals surface area contributed by atoms with Gasteiger partial charge in [0.1, 0.15) is 0 Å². The zero-order valence-corrected chi connectivity index (χ0v) is 12.4. The average molecular weight is 273 g/mol. The minimum absolute atomic E-state index is 0.0217. The van der Waals surface area contributed by atoms with E-state index >= 15 is 0 Å². The van der Waals surface area contributed by atoms with Crippen molar-refractivity contribution in [1.82, 2.24) is 4.90 Å². The van der Waals surface area contributed by atoms with Gasteiger partial charge in [0.05, 0.1) is 18.6 Å². The summed E-state index contributed by atoms with van der Waals surface area (Å²) in [4.78, 5) is 14.3. The van der Waals surface area contributed by atoms with Crippen LogP contribution in [-0.2, 0) is 4.79 Å². The predicted molar refractivity (Wildman–Crippen MR) is 80.9 cm³/mol. The van der Waals surface area contributed by atoms with Gasteiger partial charge in [0.2, 0.25) is 5.91 Å². The lowest BCUT2D eigenvalue weighted by atomic mass is 10.00. The van der Waals surface area contributed by atoms with E-state index in [0.717, 1.165) is 30.5 Å². The Labute approximate surface area is 121 Å². The van der Waals surface area contributed by atoms with Gasteiger partial charge < -0.3 is 10.0 Å². The van der Waals surface area contributed by atoms with E-state index in [2.05, 4.69) is 20.1 Å². The number of rotatable bonds is 5. The molecule has 0 unspecified atom stereocenters. The standard InChI is InChI=1S/C17H23NO2/c1-5-7-14(6-2)15-10-18(13(4)12(15)3)16(20)17(11-19)8-9-17/h5,7,19H,1,4,6,8-11H2,2-3H3/b14-7-. The second kappa shape index (κ2) is 5.41. The van der Waals surface area contributed by atoms with Crippen molar-refractivity contribution < 1.29 is 9.90 Å². The molecule has 0 aromatic carbocycles. The highest BCUT2D eigenvalue weighted by molar-refractivity contribution is 5.88. The topological polar surface area (TPSA) is 40.5 Å². The molecule has 1 heterocycles. The van der Waals surface area contributed by atoms with Crippen LogP contribution in [-0.4, -0.2) is 29.1 Å². The lowest BCUT2D eigenvalue weighted by Gasteiger charge is -2.23. The van der Waals surface area contributed by atoms with E-state index in [1.165, 1.54) is 11.1 Å². The molecule has 1 amide bonds. The summed E-state index contributed by atoms with van der Waals surface area (Å²) < 4.78 is 0. The fraction of sp³-hybridized carbons (Fsp3) is 0.471. The lowest BCUT2D eigenvalue weighted by Crippen LogP contribution is -2.36. The zero-order chi connectivity index (χ0) is 14.9. The largest absolute Gasteiger partial charge is 0.395 e. The number of allylic oxidation sites excluding steroid dienone is 3. The Morgan fingerprint density at radius 3 is 2.60 bits per heavy atom. The Morgan fingerprint density at radius 1 is 1.50 bits per heavy atom. The van der Waals surface area contributed by atoms with E-state index in [1.807, 2.05) is 13.0 Å². The van der Waals surface area contributed by atoms with Gasteiger partial charge >= 0.3 is 0 Å². The number of nitrogens with zero attached hydrogens (tertiary/aromatic N) is 1. The molecular formula is C17H23NO2. The molecule has 1 aliphatic heterocycles. The first-order valence-corrected chi connectivity index (χ1v) is 7.14. The van der Waals surface area contributed by atoms with Gasteiger partial charge in [0.25, 0.3) is 0 Å². The number of amides is 1. The molecule has 0 atom stereocenters. The number of carbonyl (C=O) groups excluding carboxylic acids is 1.